The Kier molecular flexibility index (Phi) is 7.18. The number of benzene rings is 1. The zero-order chi connectivity index (χ0) is 19.9. The third-order valence-corrected chi connectivity index (χ3v) is 4.97. The highest BCUT2D eigenvalue weighted by Crippen LogP contribution is 2.21. The van der Waals surface area contributed by atoms with Crippen molar-refractivity contribution in [3.63, 3.8) is 0 Å². The molecule has 1 heterocycles. The maximum Gasteiger partial charge on any atom is 0.241 e. The Balaban J connectivity index is 2.09. The monoisotopic (exact) mass is 391 g/mol. The van der Waals surface area contributed by atoms with Crippen molar-refractivity contribution < 1.29 is 17.9 Å². The molecule has 1 aromatic heterocycles. The number of amides is 1. The Morgan fingerprint density at radius 3 is 2.63 bits per heavy atom. The van der Waals surface area contributed by atoms with Crippen molar-refractivity contribution in [1.29, 1.82) is 0 Å². The molecular weight excluding hydrogens is 366 g/mol. The standard InChI is InChI=1S/C19H25N3O4S/c1-4-12-26-19-16(9-7-11-20-19)13-21-18(23)14-22(27(3,24)25)17-10-6-5-8-15(17)2/h5-11H,4,12-14H2,1-3H3,(H,21,23). The fourth-order valence-electron chi connectivity index (χ4n) is 2.49. The average Bonchev–Trinajstić information content (AvgIpc) is 2.63. The molecule has 1 amide bonds. The van der Waals surface area contributed by atoms with E-state index in [0.717, 1.165) is 28.1 Å². The van der Waals surface area contributed by atoms with E-state index in [1.807, 2.05) is 19.1 Å². The molecule has 0 aliphatic rings. The van der Waals surface area contributed by atoms with Gasteiger partial charge >= 0.3 is 0 Å². The van der Waals surface area contributed by atoms with E-state index in [0.29, 0.717) is 18.2 Å². The molecule has 0 bridgehead atoms. The summed E-state index contributed by atoms with van der Waals surface area (Å²) in [6.45, 7) is 4.24. The summed E-state index contributed by atoms with van der Waals surface area (Å²) < 4.78 is 31.0. The van der Waals surface area contributed by atoms with Gasteiger partial charge < -0.3 is 10.1 Å². The molecule has 0 fully saturated rings. The van der Waals surface area contributed by atoms with Crippen LogP contribution in [0.2, 0.25) is 0 Å². The van der Waals surface area contributed by atoms with E-state index in [4.69, 9.17) is 4.74 Å². The zero-order valence-electron chi connectivity index (χ0n) is 15.8. The van der Waals surface area contributed by atoms with Crippen molar-refractivity contribution in [1.82, 2.24) is 10.3 Å². The Morgan fingerprint density at radius 1 is 1.22 bits per heavy atom. The Morgan fingerprint density at radius 2 is 1.96 bits per heavy atom. The van der Waals surface area contributed by atoms with Crippen molar-refractivity contribution in [2.75, 3.05) is 23.7 Å². The largest absolute Gasteiger partial charge is 0.477 e. The van der Waals surface area contributed by atoms with Gasteiger partial charge in [0.2, 0.25) is 21.8 Å². The minimum atomic E-state index is -3.60. The lowest BCUT2D eigenvalue weighted by molar-refractivity contribution is -0.119. The number of carbonyl (C=O) groups is 1. The summed E-state index contributed by atoms with van der Waals surface area (Å²) in [5.74, 6) is 0.0625. The van der Waals surface area contributed by atoms with Gasteiger partial charge in [-0.05, 0) is 31.0 Å². The number of ether oxygens (including phenoxy) is 1. The van der Waals surface area contributed by atoms with Crippen LogP contribution in [-0.2, 0) is 21.4 Å². The minimum Gasteiger partial charge on any atom is -0.477 e. The first-order valence-electron chi connectivity index (χ1n) is 8.69. The van der Waals surface area contributed by atoms with E-state index in [1.165, 1.54) is 0 Å². The highest BCUT2D eigenvalue weighted by Gasteiger charge is 2.22. The number of carbonyl (C=O) groups excluding carboxylic acids is 1. The van der Waals surface area contributed by atoms with Gasteiger partial charge in [0, 0.05) is 18.3 Å². The molecule has 27 heavy (non-hydrogen) atoms. The number of aromatic nitrogens is 1. The number of rotatable bonds is 9. The number of sulfonamides is 1. The third kappa shape index (κ3) is 5.96. The van der Waals surface area contributed by atoms with E-state index < -0.39 is 15.9 Å². The quantitative estimate of drug-likeness (QED) is 0.708. The molecule has 0 saturated heterocycles. The van der Waals surface area contributed by atoms with Gasteiger partial charge in [-0.15, -0.1) is 0 Å². The van der Waals surface area contributed by atoms with Crippen LogP contribution in [0.3, 0.4) is 0 Å². The fraction of sp³-hybridized carbons (Fsp3) is 0.368. The van der Waals surface area contributed by atoms with Crippen LogP contribution in [-0.4, -0.2) is 38.7 Å². The number of nitrogens with zero attached hydrogens (tertiary/aromatic N) is 2. The molecule has 7 nitrogen and oxygen atoms in total. The highest BCUT2D eigenvalue weighted by molar-refractivity contribution is 7.92. The Hall–Kier alpha value is -2.61. The van der Waals surface area contributed by atoms with Gasteiger partial charge in [-0.25, -0.2) is 13.4 Å². The topological polar surface area (TPSA) is 88.6 Å². The van der Waals surface area contributed by atoms with Crippen molar-refractivity contribution in [3.8, 4) is 5.88 Å². The Labute approximate surface area is 160 Å². The van der Waals surface area contributed by atoms with Crippen LogP contribution in [0.5, 0.6) is 5.88 Å². The molecule has 0 aliphatic heterocycles. The van der Waals surface area contributed by atoms with Crippen LogP contribution in [0.25, 0.3) is 0 Å². The molecule has 2 aromatic rings. The van der Waals surface area contributed by atoms with E-state index in [9.17, 15) is 13.2 Å². The number of anilines is 1. The summed E-state index contributed by atoms with van der Waals surface area (Å²) in [6.07, 6.45) is 3.56. The molecule has 2 rings (SSSR count). The number of aryl methyl sites for hydroxylation is 1. The van der Waals surface area contributed by atoms with Gasteiger partial charge in [0.05, 0.1) is 18.6 Å². The highest BCUT2D eigenvalue weighted by atomic mass is 32.2. The van der Waals surface area contributed by atoms with Crippen molar-refractivity contribution in [2.45, 2.75) is 26.8 Å². The number of para-hydroxylation sites is 1. The molecule has 0 aliphatic carbocycles. The Bertz CT molecular complexity index is 884. The molecule has 0 radical (unpaired) electrons. The first-order valence-corrected chi connectivity index (χ1v) is 10.5. The normalized spacial score (nSPS) is 11.1. The summed E-state index contributed by atoms with van der Waals surface area (Å²) in [5.41, 5.74) is 2.00. The number of pyridine rings is 1. The number of nitrogens with one attached hydrogen (secondary N) is 1. The fourth-order valence-corrected chi connectivity index (χ4v) is 3.41. The summed E-state index contributed by atoms with van der Waals surface area (Å²) >= 11 is 0. The van der Waals surface area contributed by atoms with Crippen molar-refractivity contribution in [2.24, 2.45) is 0 Å². The van der Waals surface area contributed by atoms with E-state index in [-0.39, 0.29) is 13.1 Å². The molecule has 1 N–H and O–H groups in total. The van der Waals surface area contributed by atoms with Gasteiger partial charge in [-0.1, -0.05) is 31.2 Å². The van der Waals surface area contributed by atoms with E-state index >= 15 is 0 Å². The molecule has 8 heteroatoms. The zero-order valence-corrected chi connectivity index (χ0v) is 16.6. The maximum atomic E-state index is 12.4. The lowest BCUT2D eigenvalue weighted by Crippen LogP contribution is -2.40. The smallest absolute Gasteiger partial charge is 0.241 e. The van der Waals surface area contributed by atoms with Crippen molar-refractivity contribution in [3.05, 3.63) is 53.7 Å². The second-order valence-corrected chi connectivity index (χ2v) is 8.06. The summed E-state index contributed by atoms with van der Waals surface area (Å²) in [6, 6.07) is 10.6. The van der Waals surface area contributed by atoms with E-state index in [2.05, 4.69) is 10.3 Å². The molecule has 0 saturated carbocycles. The average molecular weight is 391 g/mol. The van der Waals surface area contributed by atoms with Crippen LogP contribution in [0.4, 0.5) is 5.69 Å². The van der Waals surface area contributed by atoms with Crippen LogP contribution in [0, 0.1) is 6.92 Å². The minimum absolute atomic E-state index is 0.205. The summed E-state index contributed by atoms with van der Waals surface area (Å²) in [4.78, 5) is 16.6. The molecule has 0 spiro atoms. The maximum absolute atomic E-state index is 12.4. The summed E-state index contributed by atoms with van der Waals surface area (Å²) in [5, 5.41) is 2.74. The molecule has 146 valence electrons. The van der Waals surface area contributed by atoms with Gasteiger partial charge in [-0.2, -0.15) is 0 Å². The van der Waals surface area contributed by atoms with Gasteiger partial charge in [0.25, 0.3) is 0 Å². The summed E-state index contributed by atoms with van der Waals surface area (Å²) in [7, 11) is -3.60. The van der Waals surface area contributed by atoms with Gasteiger partial charge in [0.1, 0.15) is 6.54 Å². The molecule has 0 unspecified atom stereocenters. The first kappa shape index (κ1) is 20.7. The van der Waals surface area contributed by atoms with Gasteiger partial charge in [-0.3, -0.25) is 9.10 Å². The second-order valence-electron chi connectivity index (χ2n) is 6.15. The van der Waals surface area contributed by atoms with Gasteiger partial charge in [0.15, 0.2) is 0 Å². The van der Waals surface area contributed by atoms with Crippen molar-refractivity contribution >= 4 is 21.6 Å². The molecule has 0 atom stereocenters. The van der Waals surface area contributed by atoms with Crippen LogP contribution >= 0.6 is 0 Å². The number of hydrogen-bond donors (Lipinski definition) is 1. The van der Waals surface area contributed by atoms with E-state index in [1.54, 1.807) is 37.4 Å². The van der Waals surface area contributed by atoms with Crippen LogP contribution < -0.4 is 14.4 Å². The molecular formula is C19H25N3O4S. The van der Waals surface area contributed by atoms with Crippen LogP contribution in [0.1, 0.15) is 24.5 Å². The predicted octanol–water partition coefficient (Wildman–Crippen LogP) is 2.26. The SMILES string of the molecule is CCCOc1ncccc1CNC(=O)CN(c1ccccc1C)S(C)(=O)=O. The molecule has 1 aromatic carbocycles. The predicted molar refractivity (Wildman–Crippen MR) is 105 cm³/mol. The first-order chi connectivity index (χ1) is 12.8. The lowest BCUT2D eigenvalue weighted by Gasteiger charge is -2.23. The van der Waals surface area contributed by atoms with Crippen LogP contribution in [0.15, 0.2) is 42.6 Å². The lowest BCUT2D eigenvalue weighted by atomic mass is 10.2. The number of hydrogen-bond acceptors (Lipinski definition) is 5. The third-order valence-electron chi connectivity index (χ3n) is 3.84. The second kappa shape index (κ2) is 9.36.